The van der Waals surface area contributed by atoms with Gasteiger partial charge in [-0.2, -0.15) is 5.10 Å². The molecule has 7 nitrogen and oxygen atoms in total. The molecule has 3 N–H and O–H groups in total. The van der Waals surface area contributed by atoms with Crippen LogP contribution in [0.3, 0.4) is 0 Å². The minimum atomic E-state index is -2.16. The summed E-state index contributed by atoms with van der Waals surface area (Å²) < 4.78 is 21.1. The first kappa shape index (κ1) is 15.7. The minimum Gasteiger partial charge on any atom is -0.771 e. The zero-order valence-electron chi connectivity index (χ0n) is 12.4. The average Bonchev–Trinajstić information content (AvgIpc) is 3.26. The summed E-state index contributed by atoms with van der Waals surface area (Å²) in [6.45, 7) is 0. The molecule has 1 amide bonds. The third kappa shape index (κ3) is 4.64. The Bertz CT molecular complexity index is 727. The minimum absolute atomic E-state index is 0.160. The second-order valence-electron chi connectivity index (χ2n) is 5.53. The van der Waals surface area contributed by atoms with E-state index in [1.165, 1.54) is 12.8 Å². The van der Waals surface area contributed by atoms with Gasteiger partial charge in [-0.05, 0) is 41.6 Å². The monoisotopic (exact) mass is 333 g/mol. The van der Waals surface area contributed by atoms with Crippen molar-refractivity contribution in [3.63, 3.8) is 0 Å². The lowest BCUT2D eigenvalue weighted by Crippen LogP contribution is -2.15. The van der Waals surface area contributed by atoms with Crippen LogP contribution in [0, 0.1) is 0 Å². The topological polar surface area (TPSA) is 110 Å². The van der Waals surface area contributed by atoms with Gasteiger partial charge in [0.15, 0.2) is 5.82 Å². The van der Waals surface area contributed by atoms with Gasteiger partial charge < -0.3 is 15.2 Å². The van der Waals surface area contributed by atoms with Crippen molar-refractivity contribution in [2.45, 2.75) is 25.2 Å². The van der Waals surface area contributed by atoms with E-state index in [-0.39, 0.29) is 18.2 Å². The first-order valence-corrected chi connectivity index (χ1v) is 8.58. The van der Waals surface area contributed by atoms with Crippen LogP contribution in [0.2, 0.25) is 0 Å². The number of nitrogens with one attached hydrogen (secondary N) is 3. The second kappa shape index (κ2) is 6.93. The van der Waals surface area contributed by atoms with E-state index in [4.69, 9.17) is 0 Å². The number of carbonyl (C=O) groups excluding carboxylic acids is 1. The summed E-state index contributed by atoms with van der Waals surface area (Å²) in [6.07, 6.45) is 2.54. The highest BCUT2D eigenvalue weighted by Crippen LogP contribution is 2.39. The summed E-state index contributed by atoms with van der Waals surface area (Å²) in [5.41, 5.74) is 2.52. The maximum absolute atomic E-state index is 12.1. The van der Waals surface area contributed by atoms with Crippen molar-refractivity contribution in [1.29, 1.82) is 0 Å². The van der Waals surface area contributed by atoms with Crippen LogP contribution in [-0.2, 0) is 22.3 Å². The van der Waals surface area contributed by atoms with Crippen molar-refractivity contribution < 1.29 is 13.6 Å². The maximum atomic E-state index is 12.1. The lowest BCUT2D eigenvalue weighted by molar-refractivity contribution is -0.115. The third-order valence-electron chi connectivity index (χ3n) is 3.57. The zero-order chi connectivity index (χ0) is 16.2. The number of aromatic nitrogens is 2. The fourth-order valence-electron chi connectivity index (χ4n) is 2.31. The van der Waals surface area contributed by atoms with Gasteiger partial charge in [-0.3, -0.25) is 14.1 Å². The Morgan fingerprint density at radius 3 is 2.96 bits per heavy atom. The Hall–Kier alpha value is -2.19. The average molecular weight is 333 g/mol. The highest BCUT2D eigenvalue weighted by molar-refractivity contribution is 7.79. The number of anilines is 2. The molecule has 1 heterocycles. The molecule has 122 valence electrons. The van der Waals surface area contributed by atoms with Crippen molar-refractivity contribution >= 4 is 28.5 Å². The van der Waals surface area contributed by atoms with Crippen LogP contribution >= 0.6 is 0 Å². The van der Waals surface area contributed by atoms with Gasteiger partial charge in [0.05, 0.1) is 12.3 Å². The Labute approximate surface area is 136 Å². The summed E-state index contributed by atoms with van der Waals surface area (Å²) in [7, 11) is 0. The predicted octanol–water partition coefficient (Wildman–Crippen LogP) is 1.72. The fraction of sp³-hybridized carbons (Fsp3) is 0.333. The summed E-state index contributed by atoms with van der Waals surface area (Å²) in [5.74, 6) is 0.770. The van der Waals surface area contributed by atoms with Crippen LogP contribution in [-0.4, -0.2) is 30.7 Å². The van der Waals surface area contributed by atoms with Gasteiger partial charge in [0.25, 0.3) is 0 Å². The molecule has 1 aliphatic carbocycles. The molecule has 3 rings (SSSR count). The van der Waals surface area contributed by atoms with Gasteiger partial charge in [-0.1, -0.05) is 12.1 Å². The lowest BCUT2D eigenvalue weighted by Gasteiger charge is -2.10. The van der Waals surface area contributed by atoms with Crippen molar-refractivity contribution in [2.24, 2.45) is 0 Å². The number of carbonyl (C=O) groups is 1. The molecule has 1 aromatic heterocycles. The number of aromatic amines is 1. The number of benzene rings is 1. The molecule has 0 saturated heterocycles. The van der Waals surface area contributed by atoms with Crippen LogP contribution in [0.1, 0.15) is 30.0 Å². The molecular weight excluding hydrogens is 316 g/mol. The molecule has 0 aliphatic heterocycles. The largest absolute Gasteiger partial charge is 0.771 e. The molecule has 1 saturated carbocycles. The van der Waals surface area contributed by atoms with Gasteiger partial charge >= 0.3 is 0 Å². The number of amides is 1. The smallest absolute Gasteiger partial charge is 0.229 e. The highest BCUT2D eigenvalue weighted by atomic mass is 32.2. The SMILES string of the molecule is O=C(Cc1cccc(NCS(=O)[O-])c1)Nc1cc(C2CC2)[nH]n1. The number of nitrogens with zero attached hydrogens (tertiary/aromatic N) is 1. The molecule has 23 heavy (non-hydrogen) atoms. The number of hydrogen-bond acceptors (Lipinski definition) is 5. The van der Waals surface area contributed by atoms with Gasteiger partial charge in [-0.15, -0.1) is 0 Å². The molecule has 0 bridgehead atoms. The molecule has 0 spiro atoms. The molecule has 8 heteroatoms. The summed E-state index contributed by atoms with van der Waals surface area (Å²) in [5, 5.41) is 12.6. The number of rotatable bonds is 7. The summed E-state index contributed by atoms with van der Waals surface area (Å²) >= 11 is -2.16. The van der Waals surface area contributed by atoms with Crippen molar-refractivity contribution in [3.05, 3.63) is 41.6 Å². The van der Waals surface area contributed by atoms with Crippen molar-refractivity contribution in [2.75, 3.05) is 16.5 Å². The normalized spacial score (nSPS) is 15.2. The zero-order valence-corrected chi connectivity index (χ0v) is 13.2. The van der Waals surface area contributed by atoms with Gasteiger partial charge in [0.2, 0.25) is 5.91 Å². The molecule has 1 atom stereocenters. The number of H-pyrrole nitrogens is 1. The van der Waals surface area contributed by atoms with E-state index in [2.05, 4.69) is 20.8 Å². The summed E-state index contributed by atoms with van der Waals surface area (Å²) in [6, 6.07) is 8.98. The first-order chi connectivity index (χ1) is 11.1. The Balaban J connectivity index is 1.56. The molecule has 1 aromatic carbocycles. The highest BCUT2D eigenvalue weighted by Gasteiger charge is 2.25. The van der Waals surface area contributed by atoms with Crippen LogP contribution in [0.5, 0.6) is 0 Å². The second-order valence-corrected chi connectivity index (χ2v) is 6.43. The molecule has 2 aromatic rings. The Morgan fingerprint density at radius 2 is 2.22 bits per heavy atom. The van der Waals surface area contributed by atoms with E-state index < -0.39 is 11.1 Å². The molecule has 0 radical (unpaired) electrons. The number of hydrogen-bond donors (Lipinski definition) is 3. The Kier molecular flexibility index (Phi) is 4.73. The molecule has 1 unspecified atom stereocenters. The molecule has 1 aliphatic rings. The third-order valence-corrected chi connectivity index (χ3v) is 3.95. The summed E-state index contributed by atoms with van der Waals surface area (Å²) in [4.78, 5) is 12.1. The van der Waals surface area contributed by atoms with E-state index in [1.54, 1.807) is 18.2 Å². The van der Waals surface area contributed by atoms with E-state index in [0.717, 1.165) is 11.3 Å². The fourth-order valence-corrected chi connectivity index (χ4v) is 2.59. The predicted molar refractivity (Wildman–Crippen MR) is 86.7 cm³/mol. The van der Waals surface area contributed by atoms with Gasteiger partial charge in [0.1, 0.15) is 0 Å². The maximum Gasteiger partial charge on any atom is 0.229 e. The quantitative estimate of drug-likeness (QED) is 0.668. The molecular formula is C15H17N4O3S-. The first-order valence-electron chi connectivity index (χ1n) is 7.34. The van der Waals surface area contributed by atoms with Crippen LogP contribution in [0.25, 0.3) is 0 Å². The lowest BCUT2D eigenvalue weighted by atomic mass is 10.1. The van der Waals surface area contributed by atoms with E-state index in [1.807, 2.05) is 12.1 Å². The van der Waals surface area contributed by atoms with Crippen molar-refractivity contribution in [1.82, 2.24) is 10.2 Å². The van der Waals surface area contributed by atoms with E-state index >= 15 is 0 Å². The molecule has 1 fully saturated rings. The van der Waals surface area contributed by atoms with Crippen LogP contribution < -0.4 is 10.6 Å². The Morgan fingerprint density at radius 1 is 1.39 bits per heavy atom. The van der Waals surface area contributed by atoms with E-state index in [0.29, 0.717) is 17.4 Å². The van der Waals surface area contributed by atoms with Gasteiger partial charge in [-0.25, -0.2) is 0 Å². The van der Waals surface area contributed by atoms with Crippen LogP contribution in [0.4, 0.5) is 11.5 Å². The van der Waals surface area contributed by atoms with Crippen molar-refractivity contribution in [3.8, 4) is 0 Å². The van der Waals surface area contributed by atoms with Gasteiger partial charge in [0, 0.05) is 23.4 Å². The van der Waals surface area contributed by atoms with Crippen LogP contribution in [0.15, 0.2) is 30.3 Å². The standard InChI is InChI=1S/C15H18N4O3S/c20-15(17-14-8-13(18-19-14)11-4-5-11)7-10-2-1-3-12(6-10)16-9-23(21)22/h1-3,6,8,11,16H,4-5,7,9H2,(H,21,22)(H2,17,18,19,20)/p-1. The van der Waals surface area contributed by atoms with E-state index in [9.17, 15) is 13.6 Å².